The van der Waals surface area contributed by atoms with Crippen LogP contribution >= 0.6 is 11.3 Å². The van der Waals surface area contributed by atoms with Gasteiger partial charge in [0.15, 0.2) is 0 Å². The van der Waals surface area contributed by atoms with Gasteiger partial charge in [-0.2, -0.15) is 15.0 Å². The van der Waals surface area contributed by atoms with Crippen molar-refractivity contribution in [3.63, 3.8) is 0 Å². The van der Waals surface area contributed by atoms with Gasteiger partial charge in [0.25, 0.3) is 0 Å². The van der Waals surface area contributed by atoms with E-state index >= 15 is 0 Å². The SMILES string of the molecule is Cc1csc(CCCNC(=O)Nc2ccc(-n3nccn3)cc2)n1. The number of hydrogen-bond acceptors (Lipinski definition) is 5. The Labute approximate surface area is 143 Å². The molecule has 0 aliphatic rings. The Morgan fingerprint density at radius 1 is 1.21 bits per heavy atom. The van der Waals surface area contributed by atoms with Gasteiger partial charge in [-0.1, -0.05) is 0 Å². The van der Waals surface area contributed by atoms with Gasteiger partial charge in [-0.3, -0.25) is 0 Å². The number of amides is 2. The molecule has 2 amide bonds. The minimum atomic E-state index is -0.213. The van der Waals surface area contributed by atoms with E-state index in [0.717, 1.165) is 34.9 Å². The zero-order valence-electron chi connectivity index (χ0n) is 13.3. The molecule has 0 spiro atoms. The highest BCUT2D eigenvalue weighted by molar-refractivity contribution is 7.09. The predicted molar refractivity (Wildman–Crippen MR) is 93.6 cm³/mol. The van der Waals surface area contributed by atoms with Crippen LogP contribution in [-0.4, -0.2) is 32.6 Å². The summed E-state index contributed by atoms with van der Waals surface area (Å²) in [6.07, 6.45) is 4.98. The van der Waals surface area contributed by atoms with Gasteiger partial charge in [0.1, 0.15) is 0 Å². The van der Waals surface area contributed by atoms with Gasteiger partial charge >= 0.3 is 6.03 Å². The third-order valence-electron chi connectivity index (χ3n) is 3.29. The summed E-state index contributed by atoms with van der Waals surface area (Å²) in [6, 6.07) is 7.11. The van der Waals surface area contributed by atoms with Crippen LogP contribution < -0.4 is 10.6 Å². The maximum atomic E-state index is 11.9. The number of rotatable bonds is 6. The molecule has 0 bridgehead atoms. The van der Waals surface area contributed by atoms with Crippen molar-refractivity contribution >= 4 is 23.1 Å². The number of hydrogen-bond donors (Lipinski definition) is 2. The molecular weight excluding hydrogens is 324 g/mol. The van der Waals surface area contributed by atoms with E-state index in [1.165, 1.54) is 4.80 Å². The fourth-order valence-corrected chi connectivity index (χ4v) is 2.98. The molecule has 2 aromatic heterocycles. The molecule has 0 atom stereocenters. The smallest absolute Gasteiger partial charge is 0.319 e. The number of carbonyl (C=O) groups excluding carboxylic acids is 1. The molecule has 3 rings (SSSR count). The lowest BCUT2D eigenvalue weighted by Crippen LogP contribution is -2.29. The number of aromatic nitrogens is 4. The van der Waals surface area contributed by atoms with Gasteiger partial charge in [-0.25, -0.2) is 9.78 Å². The lowest BCUT2D eigenvalue weighted by Gasteiger charge is -2.08. The molecule has 24 heavy (non-hydrogen) atoms. The Hall–Kier alpha value is -2.74. The second-order valence-corrected chi connectivity index (χ2v) is 6.18. The van der Waals surface area contributed by atoms with Crippen LogP contribution in [0.1, 0.15) is 17.1 Å². The number of nitrogens with zero attached hydrogens (tertiary/aromatic N) is 4. The minimum Gasteiger partial charge on any atom is -0.338 e. The molecule has 0 aliphatic carbocycles. The lowest BCUT2D eigenvalue weighted by atomic mass is 10.3. The van der Waals surface area contributed by atoms with E-state index in [1.54, 1.807) is 23.7 Å². The van der Waals surface area contributed by atoms with E-state index in [0.29, 0.717) is 6.54 Å². The first-order chi connectivity index (χ1) is 11.7. The summed E-state index contributed by atoms with van der Waals surface area (Å²) in [6.45, 7) is 2.60. The van der Waals surface area contributed by atoms with Crippen LogP contribution in [0.15, 0.2) is 42.0 Å². The number of aryl methyl sites for hydroxylation is 2. The van der Waals surface area contributed by atoms with Gasteiger partial charge in [0.05, 0.1) is 23.1 Å². The highest BCUT2D eigenvalue weighted by Gasteiger charge is 2.03. The third-order valence-corrected chi connectivity index (χ3v) is 4.32. The standard InChI is InChI=1S/C16H18N6OS/c1-12-11-24-15(20-12)3-2-8-17-16(23)21-13-4-6-14(7-5-13)22-18-9-10-19-22/h4-7,9-11H,2-3,8H2,1H3,(H2,17,21,23). The Morgan fingerprint density at radius 2 is 1.96 bits per heavy atom. The van der Waals surface area contributed by atoms with E-state index in [4.69, 9.17) is 0 Å². The van der Waals surface area contributed by atoms with Crippen molar-refractivity contribution in [3.8, 4) is 5.69 Å². The third kappa shape index (κ3) is 4.39. The number of urea groups is 1. The van der Waals surface area contributed by atoms with Gasteiger partial charge in [0, 0.05) is 29.7 Å². The average molecular weight is 342 g/mol. The highest BCUT2D eigenvalue weighted by Crippen LogP contribution is 2.12. The fourth-order valence-electron chi connectivity index (χ4n) is 2.16. The van der Waals surface area contributed by atoms with Crippen LogP contribution in [0.2, 0.25) is 0 Å². The normalized spacial score (nSPS) is 10.5. The monoisotopic (exact) mass is 342 g/mol. The van der Waals surface area contributed by atoms with Crippen molar-refractivity contribution in [2.45, 2.75) is 19.8 Å². The maximum absolute atomic E-state index is 11.9. The van der Waals surface area contributed by atoms with Gasteiger partial charge in [0.2, 0.25) is 0 Å². The molecule has 0 aliphatic heterocycles. The van der Waals surface area contributed by atoms with E-state index in [-0.39, 0.29) is 6.03 Å². The van der Waals surface area contributed by atoms with Gasteiger partial charge in [-0.05, 0) is 37.6 Å². The summed E-state index contributed by atoms with van der Waals surface area (Å²) in [5.41, 5.74) is 2.61. The summed E-state index contributed by atoms with van der Waals surface area (Å²) in [7, 11) is 0. The Bertz CT molecular complexity index is 781. The first-order valence-electron chi connectivity index (χ1n) is 7.63. The van der Waals surface area contributed by atoms with Crippen molar-refractivity contribution in [1.29, 1.82) is 0 Å². The van der Waals surface area contributed by atoms with E-state index in [2.05, 4.69) is 25.8 Å². The second kappa shape index (κ2) is 7.69. The summed E-state index contributed by atoms with van der Waals surface area (Å²) in [5.74, 6) is 0. The zero-order valence-corrected chi connectivity index (χ0v) is 14.1. The number of benzene rings is 1. The first kappa shape index (κ1) is 16.1. The summed E-state index contributed by atoms with van der Waals surface area (Å²) >= 11 is 1.66. The molecule has 1 aromatic carbocycles. The van der Waals surface area contributed by atoms with Crippen LogP contribution in [0.5, 0.6) is 0 Å². The molecule has 3 aromatic rings. The predicted octanol–water partition coefficient (Wildman–Crippen LogP) is 2.79. The molecule has 2 N–H and O–H groups in total. The zero-order chi connectivity index (χ0) is 16.8. The van der Waals surface area contributed by atoms with Crippen molar-refractivity contribution in [3.05, 3.63) is 52.7 Å². The summed E-state index contributed by atoms with van der Waals surface area (Å²) < 4.78 is 0. The number of carbonyl (C=O) groups is 1. The molecule has 7 nitrogen and oxygen atoms in total. The van der Waals surface area contributed by atoms with Gasteiger partial charge < -0.3 is 10.6 Å². The molecule has 8 heteroatoms. The van der Waals surface area contributed by atoms with Crippen LogP contribution in [0.3, 0.4) is 0 Å². The molecule has 0 saturated heterocycles. The topological polar surface area (TPSA) is 84.7 Å². The van der Waals surface area contributed by atoms with Crippen LogP contribution in [0, 0.1) is 6.92 Å². The number of thiazole rings is 1. The van der Waals surface area contributed by atoms with Crippen LogP contribution in [0.4, 0.5) is 10.5 Å². The van der Waals surface area contributed by atoms with Crippen LogP contribution in [0.25, 0.3) is 5.69 Å². The summed E-state index contributed by atoms with van der Waals surface area (Å²) in [4.78, 5) is 17.8. The number of nitrogens with one attached hydrogen (secondary N) is 2. The Kier molecular flexibility index (Phi) is 5.17. The molecule has 0 saturated carbocycles. The maximum Gasteiger partial charge on any atom is 0.319 e. The Morgan fingerprint density at radius 3 is 2.62 bits per heavy atom. The molecule has 124 valence electrons. The fraction of sp³-hybridized carbons (Fsp3) is 0.250. The first-order valence-corrected chi connectivity index (χ1v) is 8.51. The lowest BCUT2D eigenvalue weighted by molar-refractivity contribution is 0.252. The molecule has 0 radical (unpaired) electrons. The molecule has 2 heterocycles. The average Bonchev–Trinajstić information content (AvgIpc) is 3.24. The van der Waals surface area contributed by atoms with Crippen molar-refractivity contribution in [2.24, 2.45) is 0 Å². The second-order valence-electron chi connectivity index (χ2n) is 5.23. The van der Waals surface area contributed by atoms with Crippen molar-refractivity contribution in [2.75, 3.05) is 11.9 Å². The molecule has 0 fully saturated rings. The van der Waals surface area contributed by atoms with Gasteiger partial charge in [-0.15, -0.1) is 11.3 Å². The number of anilines is 1. The van der Waals surface area contributed by atoms with Crippen molar-refractivity contribution < 1.29 is 4.79 Å². The highest BCUT2D eigenvalue weighted by atomic mass is 32.1. The summed E-state index contributed by atoms with van der Waals surface area (Å²) in [5, 5.41) is 16.9. The van der Waals surface area contributed by atoms with Crippen LogP contribution in [-0.2, 0) is 6.42 Å². The quantitative estimate of drug-likeness (QED) is 0.675. The Balaban J connectivity index is 1.41. The molecular formula is C16H18N6OS. The van der Waals surface area contributed by atoms with E-state index in [1.807, 2.05) is 36.6 Å². The van der Waals surface area contributed by atoms with Crippen molar-refractivity contribution in [1.82, 2.24) is 25.3 Å². The largest absolute Gasteiger partial charge is 0.338 e. The minimum absolute atomic E-state index is 0.213. The molecule has 0 unspecified atom stereocenters. The van der Waals surface area contributed by atoms with E-state index < -0.39 is 0 Å². The van der Waals surface area contributed by atoms with E-state index in [9.17, 15) is 4.79 Å².